The number of nitrogen functional groups attached to an aromatic ring is 1. The van der Waals surface area contributed by atoms with Crippen LogP contribution in [0, 0.1) is 6.92 Å². The van der Waals surface area contributed by atoms with Gasteiger partial charge in [-0.3, -0.25) is 0 Å². The van der Waals surface area contributed by atoms with Crippen LogP contribution in [0.2, 0.25) is 5.02 Å². The molecule has 0 radical (unpaired) electrons. The van der Waals surface area contributed by atoms with E-state index in [0.29, 0.717) is 23.1 Å². The molecule has 116 valence electrons. The molecule has 0 atom stereocenters. The molecule has 3 heteroatoms. The number of rotatable bonds is 4. The topological polar surface area (TPSA) is 35.2 Å². The molecule has 0 aliphatic heterocycles. The zero-order valence-electron chi connectivity index (χ0n) is 12.9. The second-order valence-electron chi connectivity index (χ2n) is 5.49. The Kier molecular flexibility index (Phi) is 4.54. The summed E-state index contributed by atoms with van der Waals surface area (Å²) in [6, 6.07) is 21.7. The monoisotopic (exact) mass is 323 g/mol. The molecular formula is C20H18ClNO. The Hall–Kier alpha value is -2.45. The van der Waals surface area contributed by atoms with Gasteiger partial charge in [-0.25, -0.2) is 0 Å². The number of benzene rings is 3. The van der Waals surface area contributed by atoms with Crippen molar-refractivity contribution in [2.24, 2.45) is 0 Å². The molecule has 0 spiro atoms. The third kappa shape index (κ3) is 3.66. The summed E-state index contributed by atoms with van der Waals surface area (Å²) in [7, 11) is 0. The van der Waals surface area contributed by atoms with E-state index in [1.165, 1.54) is 0 Å². The highest BCUT2D eigenvalue weighted by atomic mass is 35.5. The van der Waals surface area contributed by atoms with Crippen LogP contribution >= 0.6 is 11.6 Å². The lowest BCUT2D eigenvalue weighted by Crippen LogP contribution is -2.00. The first-order valence-electron chi connectivity index (χ1n) is 7.46. The van der Waals surface area contributed by atoms with E-state index in [2.05, 4.69) is 0 Å². The van der Waals surface area contributed by atoms with Crippen molar-refractivity contribution in [1.29, 1.82) is 0 Å². The molecule has 0 unspecified atom stereocenters. The second kappa shape index (κ2) is 6.76. The van der Waals surface area contributed by atoms with Gasteiger partial charge in [0.15, 0.2) is 0 Å². The molecule has 3 aromatic rings. The van der Waals surface area contributed by atoms with Crippen molar-refractivity contribution in [1.82, 2.24) is 0 Å². The van der Waals surface area contributed by atoms with E-state index >= 15 is 0 Å². The molecule has 0 aliphatic rings. The molecule has 0 fully saturated rings. The molecule has 0 saturated carbocycles. The highest BCUT2D eigenvalue weighted by Gasteiger charge is 2.09. The first-order chi connectivity index (χ1) is 11.1. The zero-order valence-corrected chi connectivity index (χ0v) is 13.7. The first kappa shape index (κ1) is 15.4. The van der Waals surface area contributed by atoms with Crippen LogP contribution in [0.5, 0.6) is 5.75 Å². The van der Waals surface area contributed by atoms with Crippen molar-refractivity contribution in [2.45, 2.75) is 13.5 Å². The van der Waals surface area contributed by atoms with Gasteiger partial charge < -0.3 is 10.5 Å². The Labute approximate surface area is 141 Å². The minimum absolute atomic E-state index is 0.489. The summed E-state index contributed by atoms with van der Waals surface area (Å²) >= 11 is 6.10. The van der Waals surface area contributed by atoms with Gasteiger partial charge in [-0.05, 0) is 53.4 Å². The SMILES string of the molecule is Cc1cc(N)c(OCc2ccccc2)cc1-c1cccc(Cl)c1. The smallest absolute Gasteiger partial charge is 0.143 e. The molecule has 3 aromatic carbocycles. The summed E-state index contributed by atoms with van der Waals surface area (Å²) < 4.78 is 5.91. The van der Waals surface area contributed by atoms with E-state index in [0.717, 1.165) is 22.3 Å². The summed E-state index contributed by atoms with van der Waals surface area (Å²) in [5.74, 6) is 0.689. The predicted octanol–water partition coefficient (Wildman–Crippen LogP) is 5.48. The fourth-order valence-electron chi connectivity index (χ4n) is 2.54. The molecule has 3 rings (SSSR count). The molecule has 0 amide bonds. The minimum atomic E-state index is 0.489. The lowest BCUT2D eigenvalue weighted by Gasteiger charge is -2.14. The fraction of sp³-hybridized carbons (Fsp3) is 0.100. The molecule has 0 heterocycles. The van der Waals surface area contributed by atoms with Crippen molar-refractivity contribution in [2.75, 3.05) is 5.73 Å². The van der Waals surface area contributed by atoms with E-state index in [4.69, 9.17) is 22.1 Å². The van der Waals surface area contributed by atoms with Crippen molar-refractivity contribution in [3.8, 4) is 16.9 Å². The molecular weight excluding hydrogens is 306 g/mol. The van der Waals surface area contributed by atoms with Crippen LogP contribution in [0.3, 0.4) is 0 Å². The zero-order chi connectivity index (χ0) is 16.2. The summed E-state index contributed by atoms with van der Waals surface area (Å²) in [6.07, 6.45) is 0. The first-order valence-corrected chi connectivity index (χ1v) is 7.84. The third-order valence-electron chi connectivity index (χ3n) is 3.73. The van der Waals surface area contributed by atoms with Gasteiger partial charge in [0, 0.05) is 5.02 Å². The lowest BCUT2D eigenvalue weighted by molar-refractivity contribution is 0.308. The van der Waals surface area contributed by atoms with E-state index in [1.54, 1.807) is 0 Å². The predicted molar refractivity (Wildman–Crippen MR) is 96.8 cm³/mol. The van der Waals surface area contributed by atoms with E-state index in [-0.39, 0.29) is 0 Å². The maximum atomic E-state index is 6.11. The van der Waals surface area contributed by atoms with Crippen LogP contribution in [-0.4, -0.2) is 0 Å². The van der Waals surface area contributed by atoms with Gasteiger partial charge in [0.1, 0.15) is 12.4 Å². The van der Waals surface area contributed by atoms with Crippen LogP contribution in [-0.2, 0) is 6.61 Å². The van der Waals surface area contributed by atoms with Gasteiger partial charge in [-0.2, -0.15) is 0 Å². The van der Waals surface area contributed by atoms with E-state index < -0.39 is 0 Å². The number of hydrogen-bond acceptors (Lipinski definition) is 2. The largest absolute Gasteiger partial charge is 0.487 e. The van der Waals surface area contributed by atoms with Crippen molar-refractivity contribution in [3.63, 3.8) is 0 Å². The molecule has 0 aliphatic carbocycles. The Bertz CT molecular complexity index is 815. The van der Waals surface area contributed by atoms with Crippen molar-refractivity contribution < 1.29 is 4.74 Å². The maximum absolute atomic E-state index is 6.11. The number of anilines is 1. The second-order valence-corrected chi connectivity index (χ2v) is 5.93. The molecule has 0 bridgehead atoms. The van der Waals surface area contributed by atoms with E-state index in [9.17, 15) is 0 Å². The fourth-order valence-corrected chi connectivity index (χ4v) is 2.73. The molecule has 0 aromatic heterocycles. The molecule has 2 nitrogen and oxygen atoms in total. The summed E-state index contributed by atoms with van der Waals surface area (Å²) in [5.41, 5.74) is 11.1. The van der Waals surface area contributed by atoms with Gasteiger partial charge in [0.2, 0.25) is 0 Å². The van der Waals surface area contributed by atoms with Crippen LogP contribution in [0.25, 0.3) is 11.1 Å². The minimum Gasteiger partial charge on any atom is -0.487 e. The Balaban J connectivity index is 1.90. The summed E-state index contributed by atoms with van der Waals surface area (Å²) in [4.78, 5) is 0. The van der Waals surface area contributed by atoms with Crippen molar-refractivity contribution >= 4 is 17.3 Å². The molecule has 2 N–H and O–H groups in total. The number of nitrogens with two attached hydrogens (primary N) is 1. The van der Waals surface area contributed by atoms with Crippen LogP contribution in [0.15, 0.2) is 66.7 Å². The number of hydrogen-bond donors (Lipinski definition) is 1. The summed E-state index contributed by atoms with van der Waals surface area (Å²) in [5, 5.41) is 0.713. The Morgan fingerprint density at radius 1 is 0.957 bits per heavy atom. The Morgan fingerprint density at radius 2 is 1.74 bits per heavy atom. The van der Waals surface area contributed by atoms with Gasteiger partial charge in [-0.15, -0.1) is 0 Å². The highest BCUT2D eigenvalue weighted by molar-refractivity contribution is 6.30. The normalized spacial score (nSPS) is 10.5. The third-order valence-corrected chi connectivity index (χ3v) is 3.96. The summed E-state index contributed by atoms with van der Waals surface area (Å²) in [6.45, 7) is 2.52. The average Bonchev–Trinajstić information content (AvgIpc) is 2.55. The van der Waals surface area contributed by atoms with Gasteiger partial charge >= 0.3 is 0 Å². The van der Waals surface area contributed by atoms with Gasteiger partial charge in [0.25, 0.3) is 0 Å². The maximum Gasteiger partial charge on any atom is 0.143 e. The lowest BCUT2D eigenvalue weighted by atomic mass is 9.99. The molecule has 23 heavy (non-hydrogen) atoms. The van der Waals surface area contributed by atoms with Gasteiger partial charge in [0.05, 0.1) is 5.69 Å². The van der Waals surface area contributed by atoms with Gasteiger partial charge in [-0.1, -0.05) is 54.1 Å². The highest BCUT2D eigenvalue weighted by Crippen LogP contribution is 2.33. The van der Waals surface area contributed by atoms with Crippen LogP contribution < -0.4 is 10.5 Å². The number of halogens is 1. The molecule has 0 saturated heterocycles. The number of aryl methyl sites for hydroxylation is 1. The van der Waals surface area contributed by atoms with Crippen molar-refractivity contribution in [3.05, 3.63) is 82.9 Å². The Morgan fingerprint density at radius 3 is 2.48 bits per heavy atom. The standard InChI is InChI=1S/C20H18ClNO/c1-14-10-19(22)20(23-13-15-6-3-2-4-7-15)12-18(14)16-8-5-9-17(21)11-16/h2-12H,13,22H2,1H3. The van der Waals surface area contributed by atoms with E-state index in [1.807, 2.05) is 73.7 Å². The average molecular weight is 324 g/mol. The number of ether oxygens (including phenoxy) is 1. The quantitative estimate of drug-likeness (QED) is 0.645. The van der Waals surface area contributed by atoms with Crippen LogP contribution in [0.1, 0.15) is 11.1 Å². The van der Waals surface area contributed by atoms with Crippen LogP contribution in [0.4, 0.5) is 5.69 Å².